The van der Waals surface area contributed by atoms with Gasteiger partial charge in [0, 0.05) is 18.8 Å². The van der Waals surface area contributed by atoms with Crippen molar-refractivity contribution in [3.8, 4) is 0 Å². The van der Waals surface area contributed by atoms with Gasteiger partial charge in [-0.2, -0.15) is 0 Å². The van der Waals surface area contributed by atoms with E-state index in [4.69, 9.17) is 10.5 Å². The van der Waals surface area contributed by atoms with Crippen molar-refractivity contribution in [1.29, 1.82) is 0 Å². The Labute approximate surface area is 116 Å². The molecule has 0 spiro atoms. The largest absolute Gasteiger partial charge is 0.399 e. The van der Waals surface area contributed by atoms with Gasteiger partial charge in [0.1, 0.15) is 0 Å². The zero-order valence-electron chi connectivity index (χ0n) is 12.0. The maximum Gasteiger partial charge on any atom is 0.0702 e. The number of likely N-dealkylation sites (N-methyl/N-ethyl adjacent to an activating group) is 1. The van der Waals surface area contributed by atoms with Crippen LogP contribution in [-0.4, -0.2) is 37.2 Å². The molecule has 1 aromatic rings. The van der Waals surface area contributed by atoms with E-state index in [1.54, 1.807) is 0 Å². The van der Waals surface area contributed by atoms with Crippen molar-refractivity contribution < 1.29 is 4.74 Å². The number of hydrogen-bond donors (Lipinski definition) is 1. The summed E-state index contributed by atoms with van der Waals surface area (Å²) in [5.41, 5.74) is 8.00. The Morgan fingerprint density at radius 3 is 3.00 bits per heavy atom. The van der Waals surface area contributed by atoms with E-state index in [1.165, 1.54) is 24.8 Å². The summed E-state index contributed by atoms with van der Waals surface area (Å²) in [5, 5.41) is 0. The molecule has 1 fully saturated rings. The van der Waals surface area contributed by atoms with Crippen LogP contribution < -0.4 is 5.73 Å². The average Bonchev–Trinajstić information content (AvgIpc) is 2.90. The normalized spacial score (nSPS) is 19.2. The van der Waals surface area contributed by atoms with E-state index in [-0.39, 0.29) is 0 Å². The van der Waals surface area contributed by atoms with Gasteiger partial charge in [-0.3, -0.25) is 0 Å². The fraction of sp³-hybridized carbons (Fsp3) is 0.625. The zero-order valence-corrected chi connectivity index (χ0v) is 12.0. The van der Waals surface area contributed by atoms with Crippen LogP contribution in [0, 0.1) is 0 Å². The van der Waals surface area contributed by atoms with Gasteiger partial charge in [0.15, 0.2) is 0 Å². The van der Waals surface area contributed by atoms with E-state index >= 15 is 0 Å². The molecule has 1 aliphatic rings. The van der Waals surface area contributed by atoms with Crippen LogP contribution >= 0.6 is 0 Å². The van der Waals surface area contributed by atoms with E-state index < -0.39 is 0 Å². The second kappa shape index (κ2) is 7.51. The van der Waals surface area contributed by atoms with Crippen molar-refractivity contribution in [3.05, 3.63) is 29.8 Å². The second-order valence-electron chi connectivity index (χ2n) is 5.38. The summed E-state index contributed by atoms with van der Waals surface area (Å²) < 4.78 is 5.71. The predicted molar refractivity (Wildman–Crippen MR) is 80.3 cm³/mol. The third-order valence-corrected chi connectivity index (χ3v) is 3.82. The molecule has 1 heterocycles. The Morgan fingerprint density at radius 1 is 1.42 bits per heavy atom. The minimum atomic E-state index is 0.465. The summed E-state index contributed by atoms with van der Waals surface area (Å²) in [6.45, 7) is 6.52. The average molecular weight is 262 g/mol. The molecule has 106 valence electrons. The summed E-state index contributed by atoms with van der Waals surface area (Å²) in [6, 6.07) is 8.22. The molecule has 3 heteroatoms. The van der Waals surface area contributed by atoms with Crippen LogP contribution in [0.15, 0.2) is 24.3 Å². The van der Waals surface area contributed by atoms with E-state index in [0.29, 0.717) is 6.10 Å². The highest BCUT2D eigenvalue weighted by atomic mass is 16.5. The maximum atomic E-state index is 5.80. The molecule has 2 N–H and O–H groups in total. The number of hydrogen-bond acceptors (Lipinski definition) is 3. The number of nitrogens with zero attached hydrogens (tertiary/aromatic N) is 1. The molecule has 1 aromatic carbocycles. The third-order valence-electron chi connectivity index (χ3n) is 3.82. The van der Waals surface area contributed by atoms with Crippen LogP contribution in [0.2, 0.25) is 0 Å². The lowest BCUT2D eigenvalue weighted by molar-refractivity contribution is 0.0745. The van der Waals surface area contributed by atoms with Gasteiger partial charge in [0.05, 0.1) is 6.10 Å². The summed E-state index contributed by atoms with van der Waals surface area (Å²) in [5.74, 6) is 0. The lowest BCUT2D eigenvalue weighted by Gasteiger charge is -2.23. The molecule has 0 saturated carbocycles. The van der Waals surface area contributed by atoms with Crippen LogP contribution in [-0.2, 0) is 11.2 Å². The number of benzene rings is 1. The molecule has 0 radical (unpaired) electrons. The van der Waals surface area contributed by atoms with Crippen molar-refractivity contribution >= 4 is 5.69 Å². The fourth-order valence-corrected chi connectivity index (χ4v) is 2.71. The van der Waals surface area contributed by atoms with Gasteiger partial charge < -0.3 is 15.4 Å². The molecule has 1 unspecified atom stereocenters. The van der Waals surface area contributed by atoms with E-state index in [0.717, 1.165) is 38.3 Å². The highest BCUT2D eigenvalue weighted by Gasteiger charge is 2.17. The minimum absolute atomic E-state index is 0.465. The van der Waals surface area contributed by atoms with Gasteiger partial charge in [0.25, 0.3) is 0 Å². The first-order valence-electron chi connectivity index (χ1n) is 7.46. The first-order chi connectivity index (χ1) is 9.28. The lowest BCUT2D eigenvalue weighted by Crippen LogP contribution is -2.33. The van der Waals surface area contributed by atoms with Crippen LogP contribution in [0.1, 0.15) is 31.7 Å². The van der Waals surface area contributed by atoms with E-state index in [9.17, 15) is 0 Å². The predicted octanol–water partition coefficient (Wildman–Crippen LogP) is 2.70. The number of rotatable bonds is 7. The quantitative estimate of drug-likeness (QED) is 0.768. The van der Waals surface area contributed by atoms with Gasteiger partial charge in [0.2, 0.25) is 0 Å². The highest BCUT2D eigenvalue weighted by molar-refractivity contribution is 5.40. The van der Waals surface area contributed by atoms with Gasteiger partial charge in [-0.25, -0.2) is 0 Å². The van der Waals surface area contributed by atoms with Gasteiger partial charge in [-0.1, -0.05) is 19.1 Å². The maximum absolute atomic E-state index is 5.80. The smallest absolute Gasteiger partial charge is 0.0702 e. The Hall–Kier alpha value is -1.06. The molecule has 2 rings (SSSR count). The molecular formula is C16H26N2O. The van der Waals surface area contributed by atoms with Crippen LogP contribution in [0.3, 0.4) is 0 Å². The molecule has 3 nitrogen and oxygen atoms in total. The number of aryl methyl sites for hydroxylation is 1. The molecule has 0 bridgehead atoms. The van der Waals surface area contributed by atoms with Crippen molar-refractivity contribution in [2.45, 2.75) is 38.7 Å². The monoisotopic (exact) mass is 262 g/mol. The molecule has 0 aromatic heterocycles. The summed E-state index contributed by atoms with van der Waals surface area (Å²) >= 11 is 0. The SMILES string of the molecule is CCN(CCCc1cccc(N)c1)CC1CCCO1. The van der Waals surface area contributed by atoms with Gasteiger partial charge >= 0.3 is 0 Å². The highest BCUT2D eigenvalue weighted by Crippen LogP contribution is 2.14. The third kappa shape index (κ3) is 4.84. The van der Waals surface area contributed by atoms with Gasteiger partial charge in [-0.15, -0.1) is 0 Å². The number of ether oxygens (including phenoxy) is 1. The number of nitrogens with two attached hydrogens (primary N) is 1. The molecule has 0 amide bonds. The van der Waals surface area contributed by atoms with Crippen molar-refractivity contribution in [1.82, 2.24) is 4.90 Å². The van der Waals surface area contributed by atoms with Crippen LogP contribution in [0.5, 0.6) is 0 Å². The summed E-state index contributed by atoms with van der Waals surface area (Å²) in [6.07, 6.45) is 5.21. The Morgan fingerprint density at radius 2 is 2.32 bits per heavy atom. The molecule has 1 saturated heterocycles. The topological polar surface area (TPSA) is 38.5 Å². The Kier molecular flexibility index (Phi) is 5.67. The van der Waals surface area contributed by atoms with Crippen molar-refractivity contribution in [2.75, 3.05) is 32.0 Å². The second-order valence-corrected chi connectivity index (χ2v) is 5.38. The summed E-state index contributed by atoms with van der Waals surface area (Å²) in [7, 11) is 0. The van der Waals surface area contributed by atoms with Crippen LogP contribution in [0.25, 0.3) is 0 Å². The lowest BCUT2D eigenvalue weighted by atomic mass is 10.1. The molecular weight excluding hydrogens is 236 g/mol. The first kappa shape index (κ1) is 14.4. The van der Waals surface area contributed by atoms with Crippen molar-refractivity contribution in [3.63, 3.8) is 0 Å². The minimum Gasteiger partial charge on any atom is -0.399 e. The van der Waals surface area contributed by atoms with Gasteiger partial charge in [-0.05, 0) is 56.5 Å². The molecule has 19 heavy (non-hydrogen) atoms. The zero-order chi connectivity index (χ0) is 13.5. The van der Waals surface area contributed by atoms with Crippen molar-refractivity contribution in [2.24, 2.45) is 0 Å². The Bertz CT molecular complexity index is 375. The summed E-state index contributed by atoms with van der Waals surface area (Å²) in [4.78, 5) is 2.50. The van der Waals surface area contributed by atoms with E-state index in [2.05, 4.69) is 24.0 Å². The molecule has 0 aliphatic carbocycles. The molecule has 1 atom stereocenters. The standard InChI is InChI=1S/C16H26N2O/c1-2-18(13-16-9-5-11-19-16)10-4-7-14-6-3-8-15(17)12-14/h3,6,8,12,16H,2,4-5,7,9-11,13,17H2,1H3. The molecule has 1 aliphatic heterocycles. The Balaban J connectivity index is 1.70. The number of nitrogen functional groups attached to an aromatic ring is 1. The van der Waals surface area contributed by atoms with E-state index in [1.807, 2.05) is 12.1 Å². The number of anilines is 1. The van der Waals surface area contributed by atoms with Crippen LogP contribution in [0.4, 0.5) is 5.69 Å². The fourth-order valence-electron chi connectivity index (χ4n) is 2.71. The first-order valence-corrected chi connectivity index (χ1v) is 7.46.